The third-order valence-corrected chi connectivity index (χ3v) is 6.71. The number of sulfonamides is 1. The first kappa shape index (κ1) is 20.9. The van der Waals surface area contributed by atoms with Crippen LogP contribution in [0.4, 0.5) is 4.79 Å². The summed E-state index contributed by atoms with van der Waals surface area (Å²) in [5.74, 6) is 1.15. The van der Waals surface area contributed by atoms with Gasteiger partial charge in [0.15, 0.2) is 0 Å². The smallest absolute Gasteiger partial charge is 0.339 e. The van der Waals surface area contributed by atoms with Crippen molar-refractivity contribution in [1.82, 2.24) is 15.5 Å². The number of carbonyl (C=O) groups is 1. The van der Waals surface area contributed by atoms with Crippen LogP contribution in [0.3, 0.4) is 0 Å². The van der Waals surface area contributed by atoms with E-state index < -0.39 is 27.6 Å². The van der Waals surface area contributed by atoms with Crippen LogP contribution in [-0.2, 0) is 15.6 Å². The molecule has 0 saturated carbocycles. The topological polar surface area (TPSA) is 117 Å². The highest BCUT2D eigenvalue weighted by atomic mass is 32.2. The molecule has 2 atom stereocenters. The molecule has 3 aromatic rings. The molecule has 1 aliphatic carbocycles. The molecule has 0 unspecified atom stereocenters. The van der Waals surface area contributed by atoms with E-state index in [1.807, 2.05) is 18.2 Å². The second-order valence-corrected chi connectivity index (χ2v) is 9.01. The van der Waals surface area contributed by atoms with Crippen LogP contribution in [0.5, 0.6) is 11.5 Å². The lowest BCUT2D eigenvalue weighted by atomic mass is 9.68. The number of hydrogen-bond donors (Lipinski definition) is 4. The Balaban J connectivity index is 1.56. The average Bonchev–Trinajstić information content (AvgIpc) is 2.78. The molecule has 2 amide bonds. The number of ether oxygens (including phenoxy) is 1. The molecule has 0 radical (unpaired) electrons. The molecular weight excluding hydrogens is 418 g/mol. The number of fused-ring (bicyclic) bond motifs is 1. The monoisotopic (exact) mass is 439 g/mol. The summed E-state index contributed by atoms with van der Waals surface area (Å²) in [6.07, 6.45) is 0. The van der Waals surface area contributed by atoms with Gasteiger partial charge < -0.3 is 10.1 Å². The van der Waals surface area contributed by atoms with Crippen LogP contribution < -0.4 is 20.3 Å². The predicted octanol–water partition coefficient (Wildman–Crippen LogP) is 3.42. The average molecular weight is 439 g/mol. The Morgan fingerprint density at radius 1 is 0.935 bits per heavy atom. The van der Waals surface area contributed by atoms with E-state index in [1.54, 1.807) is 55.5 Å². The van der Waals surface area contributed by atoms with E-state index in [1.165, 1.54) is 17.6 Å². The SMILES string of the molecule is C[C@@]1(NC(=O)NO)c2ccccc2[C@H]1NS(=O)(=O)c1ccc(Oc2ccccc2)cc1. The molecular formula is C22H21N3O5S. The van der Waals surface area contributed by atoms with Gasteiger partial charge in [0.1, 0.15) is 11.5 Å². The molecule has 4 rings (SSSR count). The van der Waals surface area contributed by atoms with Gasteiger partial charge >= 0.3 is 6.03 Å². The molecule has 0 saturated heterocycles. The van der Waals surface area contributed by atoms with Gasteiger partial charge in [-0.15, -0.1) is 0 Å². The summed E-state index contributed by atoms with van der Waals surface area (Å²) in [6.45, 7) is 1.69. The van der Waals surface area contributed by atoms with E-state index in [0.717, 1.165) is 11.1 Å². The molecule has 1 aliphatic rings. The summed E-state index contributed by atoms with van der Waals surface area (Å²) in [7, 11) is -3.91. The van der Waals surface area contributed by atoms with Crippen molar-refractivity contribution in [2.75, 3.05) is 0 Å². The molecule has 160 valence electrons. The second kappa shape index (κ2) is 8.03. The summed E-state index contributed by atoms with van der Waals surface area (Å²) in [4.78, 5) is 11.8. The van der Waals surface area contributed by atoms with Gasteiger partial charge in [-0.3, -0.25) is 5.21 Å². The lowest BCUT2D eigenvalue weighted by Crippen LogP contribution is -2.61. The molecule has 4 N–H and O–H groups in total. The van der Waals surface area contributed by atoms with Crippen molar-refractivity contribution in [3.63, 3.8) is 0 Å². The minimum Gasteiger partial charge on any atom is -0.457 e. The maximum Gasteiger partial charge on any atom is 0.339 e. The first-order chi connectivity index (χ1) is 14.8. The fourth-order valence-electron chi connectivity index (χ4n) is 3.73. The molecule has 0 spiro atoms. The predicted molar refractivity (Wildman–Crippen MR) is 113 cm³/mol. The molecule has 0 aromatic heterocycles. The first-order valence-electron chi connectivity index (χ1n) is 9.50. The van der Waals surface area contributed by atoms with Crippen molar-refractivity contribution in [2.24, 2.45) is 0 Å². The summed E-state index contributed by atoms with van der Waals surface area (Å²) >= 11 is 0. The zero-order chi connectivity index (χ0) is 22.1. The van der Waals surface area contributed by atoms with Crippen molar-refractivity contribution >= 4 is 16.1 Å². The maximum absolute atomic E-state index is 13.0. The van der Waals surface area contributed by atoms with E-state index in [9.17, 15) is 13.2 Å². The number of amides is 2. The highest BCUT2D eigenvalue weighted by Gasteiger charge is 2.51. The molecule has 9 heteroatoms. The van der Waals surface area contributed by atoms with Crippen LogP contribution in [0.15, 0.2) is 83.8 Å². The Bertz CT molecular complexity index is 1200. The minimum atomic E-state index is -3.91. The molecule has 0 fully saturated rings. The molecule has 31 heavy (non-hydrogen) atoms. The fourth-order valence-corrected chi connectivity index (χ4v) is 5.03. The van der Waals surface area contributed by atoms with Gasteiger partial charge in [0.05, 0.1) is 16.5 Å². The third-order valence-electron chi connectivity index (χ3n) is 5.27. The Labute approximate surface area is 179 Å². The van der Waals surface area contributed by atoms with Crippen LogP contribution >= 0.6 is 0 Å². The van der Waals surface area contributed by atoms with Crippen molar-refractivity contribution in [3.05, 3.63) is 90.0 Å². The molecule has 0 aliphatic heterocycles. The normalized spacial score (nSPS) is 19.6. The zero-order valence-corrected chi connectivity index (χ0v) is 17.4. The van der Waals surface area contributed by atoms with Gasteiger partial charge in [0.25, 0.3) is 0 Å². The molecule has 0 heterocycles. The summed E-state index contributed by atoms with van der Waals surface area (Å²) in [5.41, 5.74) is 1.99. The number of urea groups is 1. The number of para-hydroxylation sites is 1. The van der Waals surface area contributed by atoms with Gasteiger partial charge in [-0.05, 0) is 54.4 Å². The van der Waals surface area contributed by atoms with Crippen LogP contribution in [0.25, 0.3) is 0 Å². The van der Waals surface area contributed by atoms with Crippen molar-refractivity contribution in [2.45, 2.75) is 23.4 Å². The Kier molecular flexibility index (Phi) is 5.40. The van der Waals surface area contributed by atoms with Gasteiger partial charge in [-0.1, -0.05) is 42.5 Å². The van der Waals surface area contributed by atoms with Crippen LogP contribution in [0.2, 0.25) is 0 Å². The first-order valence-corrected chi connectivity index (χ1v) is 11.0. The number of hydrogen-bond acceptors (Lipinski definition) is 5. The Morgan fingerprint density at radius 3 is 2.23 bits per heavy atom. The van der Waals surface area contributed by atoms with Gasteiger partial charge in [-0.2, -0.15) is 0 Å². The highest BCUT2D eigenvalue weighted by Crippen LogP contribution is 2.48. The van der Waals surface area contributed by atoms with E-state index in [0.29, 0.717) is 11.5 Å². The van der Waals surface area contributed by atoms with Gasteiger partial charge in [0.2, 0.25) is 10.0 Å². The highest BCUT2D eigenvalue weighted by molar-refractivity contribution is 7.89. The number of hydroxylamine groups is 1. The third kappa shape index (κ3) is 3.98. The van der Waals surface area contributed by atoms with Crippen LogP contribution in [0.1, 0.15) is 24.1 Å². The van der Waals surface area contributed by atoms with Crippen LogP contribution in [-0.4, -0.2) is 19.7 Å². The Hall–Kier alpha value is -3.40. The summed E-state index contributed by atoms with van der Waals surface area (Å²) in [6, 6.07) is 20.9. The second-order valence-electron chi connectivity index (χ2n) is 7.30. The van der Waals surface area contributed by atoms with Gasteiger partial charge in [0, 0.05) is 0 Å². The summed E-state index contributed by atoms with van der Waals surface area (Å²) < 4.78 is 34.4. The van der Waals surface area contributed by atoms with Crippen molar-refractivity contribution in [1.29, 1.82) is 0 Å². The van der Waals surface area contributed by atoms with E-state index in [2.05, 4.69) is 10.0 Å². The van der Waals surface area contributed by atoms with E-state index in [-0.39, 0.29) is 4.90 Å². The van der Waals surface area contributed by atoms with Gasteiger partial charge in [-0.25, -0.2) is 23.4 Å². The standard InChI is InChI=1S/C22H21N3O5S/c1-22(23-21(26)24-27)19-10-6-5-9-18(19)20(22)25-31(28,29)17-13-11-16(12-14-17)30-15-7-3-2-4-8-15/h2-14,20,25,27H,1H3,(H2,23,24,26)/t20-,22-/m1/s1. The van der Waals surface area contributed by atoms with Crippen molar-refractivity contribution < 1.29 is 23.2 Å². The van der Waals surface area contributed by atoms with Crippen molar-refractivity contribution in [3.8, 4) is 11.5 Å². The number of nitrogens with one attached hydrogen (secondary N) is 3. The maximum atomic E-state index is 13.0. The molecule has 3 aromatic carbocycles. The number of benzene rings is 3. The largest absolute Gasteiger partial charge is 0.457 e. The Morgan fingerprint density at radius 2 is 1.55 bits per heavy atom. The van der Waals surface area contributed by atoms with E-state index >= 15 is 0 Å². The zero-order valence-electron chi connectivity index (χ0n) is 16.6. The molecule has 8 nitrogen and oxygen atoms in total. The minimum absolute atomic E-state index is 0.0613. The fraction of sp³-hybridized carbons (Fsp3) is 0.136. The number of rotatable bonds is 6. The molecule has 0 bridgehead atoms. The van der Waals surface area contributed by atoms with Crippen LogP contribution in [0, 0.1) is 0 Å². The summed E-state index contributed by atoms with van der Waals surface area (Å²) in [5, 5.41) is 11.5. The van der Waals surface area contributed by atoms with E-state index in [4.69, 9.17) is 9.94 Å². The number of carbonyl (C=O) groups excluding carboxylic acids is 1. The quantitative estimate of drug-likeness (QED) is 0.347. The lowest BCUT2D eigenvalue weighted by molar-refractivity contribution is 0.142. The lowest BCUT2D eigenvalue weighted by Gasteiger charge is -2.49.